The number of alkyl halides is 3. The molecule has 1 amide bonds. The quantitative estimate of drug-likeness (QED) is 0.845. The minimum atomic E-state index is -4.70. The third-order valence-electron chi connectivity index (χ3n) is 2.47. The van der Waals surface area contributed by atoms with Gasteiger partial charge in [-0.25, -0.2) is 0 Å². The lowest BCUT2D eigenvalue weighted by Crippen LogP contribution is -2.25. The number of nitrogens with two attached hydrogens (primary N) is 1. The van der Waals surface area contributed by atoms with Crippen LogP contribution in [0.2, 0.25) is 0 Å². The maximum atomic E-state index is 12.0. The van der Waals surface area contributed by atoms with Crippen LogP contribution in [0, 0.1) is 0 Å². The van der Waals surface area contributed by atoms with E-state index < -0.39 is 6.36 Å². The number of halogens is 3. The van der Waals surface area contributed by atoms with Crippen molar-refractivity contribution in [2.24, 2.45) is 5.73 Å². The lowest BCUT2D eigenvalue weighted by Gasteiger charge is -2.10. The fourth-order valence-electron chi connectivity index (χ4n) is 1.46. The van der Waals surface area contributed by atoms with Gasteiger partial charge in [0.1, 0.15) is 5.75 Å². The average Bonchev–Trinajstić information content (AvgIpc) is 2.33. The Morgan fingerprint density at radius 1 is 1.35 bits per heavy atom. The molecule has 7 heteroatoms. The van der Waals surface area contributed by atoms with E-state index >= 15 is 0 Å². The van der Waals surface area contributed by atoms with E-state index in [1.165, 1.54) is 24.3 Å². The Bertz CT molecular complexity index is 430. The second-order valence-corrected chi connectivity index (χ2v) is 4.48. The molecule has 112 valence electrons. The van der Waals surface area contributed by atoms with Gasteiger partial charge in [-0.1, -0.05) is 12.1 Å². The predicted octanol–water partition coefficient (Wildman–Crippen LogP) is 2.33. The van der Waals surface area contributed by atoms with Crippen LogP contribution in [0.1, 0.15) is 25.3 Å². The summed E-state index contributed by atoms with van der Waals surface area (Å²) < 4.78 is 39.6. The van der Waals surface area contributed by atoms with Gasteiger partial charge in [-0.15, -0.1) is 13.2 Å². The molecule has 0 aliphatic carbocycles. The van der Waals surface area contributed by atoms with Crippen LogP contribution in [0.3, 0.4) is 0 Å². The molecule has 3 N–H and O–H groups in total. The van der Waals surface area contributed by atoms with Gasteiger partial charge in [0.05, 0.1) is 0 Å². The van der Waals surface area contributed by atoms with E-state index in [2.05, 4.69) is 10.1 Å². The van der Waals surface area contributed by atoms with Crippen molar-refractivity contribution in [2.75, 3.05) is 0 Å². The first-order valence-electron chi connectivity index (χ1n) is 6.13. The zero-order chi connectivity index (χ0) is 15.2. The van der Waals surface area contributed by atoms with Gasteiger partial charge in [0.25, 0.3) is 0 Å². The van der Waals surface area contributed by atoms with Crippen LogP contribution in [0.25, 0.3) is 0 Å². The summed E-state index contributed by atoms with van der Waals surface area (Å²) in [6.45, 7) is 2.07. The van der Waals surface area contributed by atoms with E-state index in [9.17, 15) is 18.0 Å². The molecule has 1 aromatic carbocycles. The van der Waals surface area contributed by atoms with Gasteiger partial charge in [-0.2, -0.15) is 0 Å². The van der Waals surface area contributed by atoms with Crippen LogP contribution in [-0.2, 0) is 11.3 Å². The van der Waals surface area contributed by atoms with E-state index in [1.807, 2.05) is 6.92 Å². The molecule has 0 spiro atoms. The topological polar surface area (TPSA) is 64.4 Å². The summed E-state index contributed by atoms with van der Waals surface area (Å²) in [5, 5.41) is 2.66. The van der Waals surface area contributed by atoms with Crippen molar-refractivity contribution < 1.29 is 22.7 Å². The molecule has 0 heterocycles. The molecule has 0 saturated heterocycles. The van der Waals surface area contributed by atoms with Crippen molar-refractivity contribution in [3.63, 3.8) is 0 Å². The molecule has 1 atom stereocenters. The summed E-state index contributed by atoms with van der Waals surface area (Å²) in [5.74, 6) is -0.428. The zero-order valence-electron chi connectivity index (χ0n) is 11.0. The first kappa shape index (κ1) is 16.3. The Balaban J connectivity index is 2.40. The van der Waals surface area contributed by atoms with Crippen LogP contribution in [0.15, 0.2) is 24.3 Å². The summed E-state index contributed by atoms with van der Waals surface area (Å²) >= 11 is 0. The van der Waals surface area contributed by atoms with Crippen LogP contribution < -0.4 is 15.8 Å². The summed E-state index contributed by atoms with van der Waals surface area (Å²) in [7, 11) is 0. The third kappa shape index (κ3) is 6.98. The fraction of sp³-hybridized carbons (Fsp3) is 0.462. The van der Waals surface area contributed by atoms with Crippen molar-refractivity contribution in [1.29, 1.82) is 0 Å². The number of benzene rings is 1. The highest BCUT2D eigenvalue weighted by Gasteiger charge is 2.30. The first-order valence-corrected chi connectivity index (χ1v) is 6.13. The fourth-order valence-corrected chi connectivity index (χ4v) is 1.46. The van der Waals surface area contributed by atoms with Crippen molar-refractivity contribution >= 4 is 5.91 Å². The zero-order valence-corrected chi connectivity index (χ0v) is 11.0. The number of ether oxygens (including phenoxy) is 1. The number of carbonyl (C=O) groups excluding carboxylic acids is 1. The second-order valence-electron chi connectivity index (χ2n) is 4.48. The summed E-state index contributed by atoms with van der Waals surface area (Å²) in [6.07, 6.45) is -3.79. The molecule has 20 heavy (non-hydrogen) atoms. The number of rotatable bonds is 6. The minimum absolute atomic E-state index is 0.0421. The summed E-state index contributed by atoms with van der Waals surface area (Å²) in [5.41, 5.74) is 6.22. The minimum Gasteiger partial charge on any atom is -0.406 e. The van der Waals surface area contributed by atoms with Crippen LogP contribution in [0.5, 0.6) is 5.75 Å². The van der Waals surface area contributed by atoms with E-state index in [0.29, 0.717) is 18.4 Å². The van der Waals surface area contributed by atoms with Crippen molar-refractivity contribution in [1.82, 2.24) is 5.32 Å². The molecular formula is C13H17F3N2O2. The van der Waals surface area contributed by atoms with E-state index in [-0.39, 0.29) is 24.2 Å². The SMILES string of the molecule is CC(N)CCC(=O)NCc1ccc(OC(F)(F)F)cc1. The standard InChI is InChI=1S/C13H17F3N2O2/c1-9(17)2-7-12(19)18-8-10-3-5-11(6-4-10)20-13(14,15)16/h3-6,9H,2,7-8,17H2,1H3,(H,18,19). The van der Waals surface area contributed by atoms with Gasteiger partial charge in [-0.05, 0) is 31.0 Å². The Kier molecular flexibility index (Phi) is 5.82. The molecule has 1 rings (SSSR count). The third-order valence-corrected chi connectivity index (χ3v) is 2.47. The van der Waals surface area contributed by atoms with E-state index in [0.717, 1.165) is 0 Å². The molecule has 0 radical (unpaired) electrons. The van der Waals surface area contributed by atoms with Crippen LogP contribution in [0.4, 0.5) is 13.2 Å². The molecule has 0 saturated carbocycles. The van der Waals surface area contributed by atoms with Gasteiger partial charge < -0.3 is 15.8 Å². The summed E-state index contributed by atoms with van der Waals surface area (Å²) in [6, 6.07) is 5.30. The molecule has 0 aliphatic rings. The van der Waals surface area contributed by atoms with E-state index in [4.69, 9.17) is 5.73 Å². The highest BCUT2D eigenvalue weighted by molar-refractivity contribution is 5.75. The molecule has 1 unspecified atom stereocenters. The maximum Gasteiger partial charge on any atom is 0.573 e. The Morgan fingerprint density at radius 2 is 1.95 bits per heavy atom. The Labute approximate surface area is 115 Å². The molecule has 0 fully saturated rings. The largest absolute Gasteiger partial charge is 0.573 e. The van der Waals surface area contributed by atoms with Crippen molar-refractivity contribution in [3.8, 4) is 5.75 Å². The molecular weight excluding hydrogens is 273 g/mol. The highest BCUT2D eigenvalue weighted by Crippen LogP contribution is 2.22. The molecule has 0 aliphatic heterocycles. The summed E-state index contributed by atoms with van der Waals surface area (Å²) in [4.78, 5) is 11.4. The van der Waals surface area contributed by atoms with Crippen molar-refractivity contribution in [3.05, 3.63) is 29.8 Å². The number of nitrogens with one attached hydrogen (secondary N) is 1. The van der Waals surface area contributed by atoms with Gasteiger partial charge >= 0.3 is 6.36 Å². The monoisotopic (exact) mass is 290 g/mol. The normalized spacial score (nSPS) is 12.8. The number of hydrogen-bond donors (Lipinski definition) is 2. The lowest BCUT2D eigenvalue weighted by molar-refractivity contribution is -0.274. The van der Waals surface area contributed by atoms with Gasteiger partial charge in [0.2, 0.25) is 5.91 Å². The Hall–Kier alpha value is -1.76. The van der Waals surface area contributed by atoms with Crippen LogP contribution >= 0.6 is 0 Å². The van der Waals surface area contributed by atoms with Gasteiger partial charge in [-0.3, -0.25) is 4.79 Å². The smallest absolute Gasteiger partial charge is 0.406 e. The number of amides is 1. The molecule has 1 aromatic rings. The molecule has 0 aromatic heterocycles. The second kappa shape index (κ2) is 7.14. The predicted molar refractivity (Wildman–Crippen MR) is 67.9 cm³/mol. The van der Waals surface area contributed by atoms with Crippen molar-refractivity contribution in [2.45, 2.75) is 38.7 Å². The lowest BCUT2D eigenvalue weighted by atomic mass is 10.2. The van der Waals surface area contributed by atoms with Crippen LogP contribution in [-0.4, -0.2) is 18.3 Å². The molecule has 0 bridgehead atoms. The highest BCUT2D eigenvalue weighted by atomic mass is 19.4. The molecule has 4 nitrogen and oxygen atoms in total. The van der Waals surface area contributed by atoms with Gasteiger partial charge in [0.15, 0.2) is 0 Å². The number of carbonyl (C=O) groups is 1. The Morgan fingerprint density at radius 3 is 2.45 bits per heavy atom. The average molecular weight is 290 g/mol. The maximum absolute atomic E-state index is 12.0. The number of hydrogen-bond acceptors (Lipinski definition) is 3. The van der Waals surface area contributed by atoms with Gasteiger partial charge in [0, 0.05) is 19.0 Å². The first-order chi connectivity index (χ1) is 9.26. The van der Waals surface area contributed by atoms with E-state index in [1.54, 1.807) is 0 Å².